The predicted molar refractivity (Wildman–Crippen MR) is 59.3 cm³/mol. The standard InChI is InChI=1S/C10H13BrFNO2/c1-15-10-4-6(9(13)2-3-14)8(12)5-7(10)11/h4-5,9,14H,2-3,13H2,1H3. The van der Waals surface area contributed by atoms with E-state index in [2.05, 4.69) is 15.9 Å². The number of hydrogen-bond donors (Lipinski definition) is 2. The summed E-state index contributed by atoms with van der Waals surface area (Å²) in [7, 11) is 1.50. The van der Waals surface area contributed by atoms with E-state index in [0.717, 1.165) is 0 Å². The molecule has 1 atom stereocenters. The first-order valence-corrected chi connectivity index (χ1v) is 5.28. The van der Waals surface area contributed by atoms with Crippen molar-refractivity contribution in [3.05, 3.63) is 28.0 Å². The largest absolute Gasteiger partial charge is 0.496 e. The summed E-state index contributed by atoms with van der Waals surface area (Å²) >= 11 is 3.17. The molecule has 15 heavy (non-hydrogen) atoms. The van der Waals surface area contributed by atoms with Crippen molar-refractivity contribution in [2.45, 2.75) is 12.5 Å². The zero-order valence-electron chi connectivity index (χ0n) is 8.34. The molecular weight excluding hydrogens is 265 g/mol. The second kappa shape index (κ2) is 5.44. The third-order valence-electron chi connectivity index (χ3n) is 2.11. The Bertz CT molecular complexity index is 346. The Labute approximate surface area is 96.2 Å². The van der Waals surface area contributed by atoms with Gasteiger partial charge in [-0.3, -0.25) is 0 Å². The lowest BCUT2D eigenvalue weighted by Crippen LogP contribution is -2.14. The van der Waals surface area contributed by atoms with E-state index in [-0.39, 0.29) is 6.61 Å². The summed E-state index contributed by atoms with van der Waals surface area (Å²) in [6.07, 6.45) is 0.321. The van der Waals surface area contributed by atoms with Crippen LogP contribution in [0.2, 0.25) is 0 Å². The first kappa shape index (κ1) is 12.4. The maximum absolute atomic E-state index is 13.5. The fourth-order valence-electron chi connectivity index (χ4n) is 1.28. The van der Waals surface area contributed by atoms with Gasteiger partial charge in [-0.25, -0.2) is 4.39 Å². The Kier molecular flexibility index (Phi) is 4.50. The van der Waals surface area contributed by atoms with Crippen molar-refractivity contribution in [2.75, 3.05) is 13.7 Å². The van der Waals surface area contributed by atoms with Crippen LogP contribution < -0.4 is 10.5 Å². The molecule has 1 rings (SSSR count). The van der Waals surface area contributed by atoms with Crippen LogP contribution in [0.25, 0.3) is 0 Å². The lowest BCUT2D eigenvalue weighted by molar-refractivity contribution is 0.275. The highest BCUT2D eigenvalue weighted by Gasteiger charge is 2.14. The van der Waals surface area contributed by atoms with E-state index < -0.39 is 11.9 Å². The van der Waals surface area contributed by atoms with Crippen LogP contribution >= 0.6 is 15.9 Å². The normalized spacial score (nSPS) is 12.6. The fraction of sp³-hybridized carbons (Fsp3) is 0.400. The molecule has 84 valence electrons. The smallest absolute Gasteiger partial charge is 0.133 e. The molecule has 0 heterocycles. The molecule has 0 aliphatic heterocycles. The summed E-state index contributed by atoms with van der Waals surface area (Å²) in [6, 6.07) is 2.34. The Morgan fingerprint density at radius 1 is 1.60 bits per heavy atom. The number of aliphatic hydroxyl groups excluding tert-OH is 1. The van der Waals surface area contributed by atoms with E-state index in [9.17, 15) is 4.39 Å². The minimum Gasteiger partial charge on any atom is -0.496 e. The van der Waals surface area contributed by atoms with Crippen LogP contribution in [0.3, 0.4) is 0 Å². The lowest BCUT2D eigenvalue weighted by Gasteiger charge is -2.13. The lowest BCUT2D eigenvalue weighted by atomic mass is 10.0. The van der Waals surface area contributed by atoms with Gasteiger partial charge in [0.2, 0.25) is 0 Å². The molecule has 0 aliphatic carbocycles. The summed E-state index contributed by atoms with van der Waals surface area (Å²) in [5.41, 5.74) is 6.06. The Morgan fingerprint density at radius 3 is 2.80 bits per heavy atom. The number of nitrogens with two attached hydrogens (primary N) is 1. The topological polar surface area (TPSA) is 55.5 Å². The van der Waals surface area contributed by atoms with Gasteiger partial charge in [-0.05, 0) is 34.5 Å². The van der Waals surface area contributed by atoms with Crippen LogP contribution in [-0.2, 0) is 0 Å². The van der Waals surface area contributed by atoms with E-state index >= 15 is 0 Å². The Hall–Kier alpha value is -0.650. The highest BCUT2D eigenvalue weighted by atomic mass is 79.9. The van der Waals surface area contributed by atoms with Crippen LogP contribution in [0.4, 0.5) is 4.39 Å². The zero-order chi connectivity index (χ0) is 11.4. The van der Waals surface area contributed by atoms with Gasteiger partial charge in [-0.1, -0.05) is 0 Å². The zero-order valence-corrected chi connectivity index (χ0v) is 9.92. The molecule has 0 bridgehead atoms. The van der Waals surface area contributed by atoms with Crippen molar-refractivity contribution in [3.8, 4) is 5.75 Å². The maximum Gasteiger partial charge on any atom is 0.133 e. The van der Waals surface area contributed by atoms with Crippen LogP contribution in [0.5, 0.6) is 5.75 Å². The SMILES string of the molecule is COc1cc(C(N)CCO)c(F)cc1Br. The first-order chi connectivity index (χ1) is 7.10. The molecule has 0 fully saturated rings. The molecule has 0 saturated heterocycles. The van der Waals surface area contributed by atoms with E-state index in [1.807, 2.05) is 0 Å². The average Bonchev–Trinajstić information content (AvgIpc) is 2.18. The van der Waals surface area contributed by atoms with Crippen molar-refractivity contribution < 1.29 is 14.2 Å². The number of methoxy groups -OCH3 is 1. The maximum atomic E-state index is 13.5. The molecule has 0 aromatic heterocycles. The summed E-state index contributed by atoms with van der Waals surface area (Å²) in [4.78, 5) is 0. The van der Waals surface area contributed by atoms with Gasteiger partial charge in [-0.2, -0.15) is 0 Å². The Balaban J connectivity index is 3.06. The summed E-state index contributed by atoms with van der Waals surface area (Å²) in [5, 5.41) is 8.73. The monoisotopic (exact) mass is 277 g/mol. The van der Waals surface area contributed by atoms with Crippen molar-refractivity contribution in [1.29, 1.82) is 0 Å². The van der Waals surface area contributed by atoms with Gasteiger partial charge in [-0.15, -0.1) is 0 Å². The third-order valence-corrected chi connectivity index (χ3v) is 2.73. The van der Waals surface area contributed by atoms with E-state index in [0.29, 0.717) is 22.2 Å². The molecule has 5 heteroatoms. The van der Waals surface area contributed by atoms with Crippen LogP contribution in [0, 0.1) is 5.82 Å². The minimum absolute atomic E-state index is 0.0705. The van der Waals surface area contributed by atoms with Crippen molar-refractivity contribution in [2.24, 2.45) is 5.73 Å². The van der Waals surface area contributed by atoms with Crippen molar-refractivity contribution in [1.82, 2.24) is 0 Å². The van der Waals surface area contributed by atoms with Gasteiger partial charge in [0, 0.05) is 18.2 Å². The number of hydrogen-bond acceptors (Lipinski definition) is 3. The summed E-state index contributed by atoms with van der Waals surface area (Å²) < 4.78 is 19.1. The molecule has 3 nitrogen and oxygen atoms in total. The third kappa shape index (κ3) is 2.90. The van der Waals surface area contributed by atoms with Gasteiger partial charge < -0.3 is 15.6 Å². The predicted octanol–water partition coefficient (Wildman–Crippen LogP) is 1.98. The van der Waals surface area contributed by atoms with Crippen molar-refractivity contribution >= 4 is 15.9 Å². The molecule has 3 N–H and O–H groups in total. The van der Waals surface area contributed by atoms with Gasteiger partial charge in [0.25, 0.3) is 0 Å². The first-order valence-electron chi connectivity index (χ1n) is 4.49. The molecule has 0 radical (unpaired) electrons. The van der Waals surface area contributed by atoms with E-state index in [1.54, 1.807) is 6.07 Å². The van der Waals surface area contributed by atoms with Crippen LogP contribution in [0.1, 0.15) is 18.0 Å². The molecule has 0 aliphatic rings. The highest BCUT2D eigenvalue weighted by molar-refractivity contribution is 9.10. The quantitative estimate of drug-likeness (QED) is 0.885. The van der Waals surface area contributed by atoms with Crippen LogP contribution in [0.15, 0.2) is 16.6 Å². The number of rotatable bonds is 4. The minimum atomic E-state index is -0.517. The molecular formula is C10H13BrFNO2. The Morgan fingerprint density at radius 2 is 2.27 bits per heavy atom. The van der Waals surface area contributed by atoms with Crippen LogP contribution in [-0.4, -0.2) is 18.8 Å². The number of ether oxygens (including phenoxy) is 1. The molecule has 1 unspecified atom stereocenters. The van der Waals surface area contributed by atoms with Crippen molar-refractivity contribution in [3.63, 3.8) is 0 Å². The summed E-state index contributed by atoms with van der Waals surface area (Å²) in [5.74, 6) is 0.128. The highest BCUT2D eigenvalue weighted by Crippen LogP contribution is 2.30. The van der Waals surface area contributed by atoms with Gasteiger partial charge in [0.05, 0.1) is 11.6 Å². The second-order valence-electron chi connectivity index (χ2n) is 3.13. The van der Waals surface area contributed by atoms with Gasteiger partial charge >= 0.3 is 0 Å². The summed E-state index contributed by atoms with van der Waals surface area (Å²) in [6.45, 7) is -0.0705. The van der Waals surface area contributed by atoms with E-state index in [1.165, 1.54) is 13.2 Å². The molecule has 0 spiro atoms. The second-order valence-corrected chi connectivity index (χ2v) is 3.98. The molecule has 1 aromatic rings. The number of benzene rings is 1. The van der Waals surface area contributed by atoms with Gasteiger partial charge in [0.15, 0.2) is 0 Å². The van der Waals surface area contributed by atoms with E-state index in [4.69, 9.17) is 15.6 Å². The number of aliphatic hydroxyl groups is 1. The average molecular weight is 278 g/mol. The molecule has 1 aromatic carbocycles. The molecule has 0 saturated carbocycles. The number of halogens is 2. The fourth-order valence-corrected chi connectivity index (χ4v) is 1.76. The molecule has 0 amide bonds. The van der Waals surface area contributed by atoms with Gasteiger partial charge in [0.1, 0.15) is 11.6 Å².